The van der Waals surface area contributed by atoms with Crippen LogP contribution in [-0.2, 0) is 9.59 Å². The Balaban J connectivity index is 1.77. The summed E-state index contributed by atoms with van der Waals surface area (Å²) in [4.78, 5) is 38.3. The smallest absolute Gasteiger partial charge is 0.335 e. The van der Waals surface area contributed by atoms with Gasteiger partial charge in [0.05, 0.1) is 16.3 Å². The standard InChI is InChI=1S/C24H17ClFN3O4S/c1-12-8-15(13(2)28(12)17-6-7-20(26)19(25)11-17)10-18-21(30)27-24(34)29(22(18)31)16-5-3-4-14(9-16)23(32)33/h3-11H,1-2H3,(H,32,33)(H,27,30,34). The molecule has 0 saturated carbocycles. The molecule has 4 rings (SSSR count). The first-order valence-electron chi connectivity index (χ1n) is 9.97. The molecule has 0 bridgehead atoms. The van der Waals surface area contributed by atoms with Crippen molar-refractivity contribution >= 4 is 58.5 Å². The maximum absolute atomic E-state index is 13.6. The van der Waals surface area contributed by atoms with Crippen LogP contribution in [0.25, 0.3) is 11.8 Å². The number of carbonyl (C=O) groups excluding carboxylic acids is 2. The quantitative estimate of drug-likeness (QED) is 0.316. The molecule has 3 aromatic rings. The van der Waals surface area contributed by atoms with Crippen LogP contribution in [0.5, 0.6) is 0 Å². The first-order chi connectivity index (χ1) is 16.1. The molecule has 1 saturated heterocycles. The average molecular weight is 498 g/mol. The van der Waals surface area contributed by atoms with Crippen LogP contribution in [0.1, 0.15) is 27.3 Å². The number of hydrogen-bond donors (Lipinski definition) is 2. The zero-order valence-electron chi connectivity index (χ0n) is 17.9. The minimum absolute atomic E-state index is 0.0283. The molecule has 2 heterocycles. The van der Waals surface area contributed by atoms with Gasteiger partial charge in [-0.1, -0.05) is 17.7 Å². The molecule has 172 valence electrons. The molecular weight excluding hydrogens is 481 g/mol. The van der Waals surface area contributed by atoms with E-state index < -0.39 is 23.6 Å². The molecule has 10 heteroatoms. The summed E-state index contributed by atoms with van der Waals surface area (Å²) in [7, 11) is 0. The van der Waals surface area contributed by atoms with Crippen LogP contribution in [0.3, 0.4) is 0 Å². The van der Waals surface area contributed by atoms with E-state index >= 15 is 0 Å². The highest BCUT2D eigenvalue weighted by Crippen LogP contribution is 2.28. The third kappa shape index (κ3) is 4.11. The molecular formula is C24H17ClFN3O4S. The number of thiocarbonyl (C=S) groups is 1. The third-order valence-corrected chi connectivity index (χ3v) is 5.96. The van der Waals surface area contributed by atoms with Crippen LogP contribution in [0, 0.1) is 19.7 Å². The average Bonchev–Trinajstić information content (AvgIpc) is 3.06. The molecule has 2 amide bonds. The van der Waals surface area contributed by atoms with Crippen LogP contribution in [-0.4, -0.2) is 32.6 Å². The number of aryl methyl sites for hydroxylation is 1. The summed E-state index contributed by atoms with van der Waals surface area (Å²) in [6.07, 6.45) is 1.44. The van der Waals surface area contributed by atoms with Crippen molar-refractivity contribution in [2.45, 2.75) is 13.8 Å². The van der Waals surface area contributed by atoms with Gasteiger partial charge in [-0.05, 0) is 80.2 Å². The second-order valence-corrected chi connectivity index (χ2v) is 8.37. The zero-order chi connectivity index (χ0) is 24.7. The molecule has 0 spiro atoms. The van der Waals surface area contributed by atoms with E-state index in [1.165, 1.54) is 42.5 Å². The van der Waals surface area contributed by atoms with E-state index in [9.17, 15) is 23.9 Å². The summed E-state index contributed by atoms with van der Waals surface area (Å²) in [5, 5.41) is 11.6. The minimum Gasteiger partial charge on any atom is -0.478 e. The molecule has 0 aliphatic carbocycles. The van der Waals surface area contributed by atoms with Gasteiger partial charge in [0.1, 0.15) is 11.4 Å². The number of carboxylic acids is 1. The second-order valence-electron chi connectivity index (χ2n) is 7.57. The maximum atomic E-state index is 13.6. The highest BCUT2D eigenvalue weighted by molar-refractivity contribution is 7.80. The van der Waals surface area contributed by atoms with Gasteiger partial charge < -0.3 is 9.67 Å². The number of rotatable bonds is 4. The van der Waals surface area contributed by atoms with Crippen LogP contribution in [0.15, 0.2) is 54.1 Å². The number of nitrogens with one attached hydrogen (secondary N) is 1. The zero-order valence-corrected chi connectivity index (χ0v) is 19.5. The van der Waals surface area contributed by atoms with Crippen LogP contribution in [0.2, 0.25) is 5.02 Å². The van der Waals surface area contributed by atoms with Gasteiger partial charge in [0.15, 0.2) is 5.11 Å². The molecule has 1 fully saturated rings. The summed E-state index contributed by atoms with van der Waals surface area (Å²) in [6.45, 7) is 3.62. The van der Waals surface area contributed by atoms with Gasteiger partial charge in [0, 0.05) is 17.1 Å². The lowest BCUT2D eigenvalue weighted by molar-refractivity contribution is -0.122. The SMILES string of the molecule is Cc1cc(C=C2C(=O)NC(=S)N(c3cccc(C(=O)O)c3)C2=O)c(C)n1-c1ccc(F)c(Cl)c1. The lowest BCUT2D eigenvalue weighted by atomic mass is 10.1. The van der Waals surface area contributed by atoms with Gasteiger partial charge in [0.2, 0.25) is 0 Å². The number of aromatic nitrogens is 1. The van der Waals surface area contributed by atoms with E-state index in [2.05, 4.69) is 5.32 Å². The summed E-state index contributed by atoms with van der Waals surface area (Å²) < 4.78 is 15.4. The lowest BCUT2D eigenvalue weighted by Crippen LogP contribution is -2.54. The lowest BCUT2D eigenvalue weighted by Gasteiger charge is -2.29. The van der Waals surface area contributed by atoms with E-state index in [1.807, 2.05) is 11.5 Å². The monoisotopic (exact) mass is 497 g/mol. The number of nitrogens with zero attached hydrogens (tertiary/aromatic N) is 2. The number of benzene rings is 2. The summed E-state index contributed by atoms with van der Waals surface area (Å²) in [6, 6.07) is 11.8. The van der Waals surface area contributed by atoms with Crippen molar-refractivity contribution in [1.29, 1.82) is 0 Å². The van der Waals surface area contributed by atoms with Gasteiger partial charge in [-0.2, -0.15) is 0 Å². The van der Waals surface area contributed by atoms with Crippen LogP contribution >= 0.6 is 23.8 Å². The fourth-order valence-electron chi connectivity index (χ4n) is 3.78. The Morgan fingerprint density at radius 3 is 2.53 bits per heavy atom. The van der Waals surface area contributed by atoms with Gasteiger partial charge in [-0.3, -0.25) is 19.8 Å². The topological polar surface area (TPSA) is 91.6 Å². The van der Waals surface area contributed by atoms with Crippen molar-refractivity contribution in [3.8, 4) is 5.69 Å². The van der Waals surface area contributed by atoms with Gasteiger partial charge in [-0.15, -0.1) is 0 Å². The summed E-state index contributed by atoms with van der Waals surface area (Å²) in [5.41, 5.74) is 2.69. The van der Waals surface area contributed by atoms with E-state index in [0.29, 0.717) is 16.9 Å². The highest BCUT2D eigenvalue weighted by Gasteiger charge is 2.35. The normalized spacial score (nSPS) is 15.1. The third-order valence-electron chi connectivity index (χ3n) is 5.38. The van der Waals surface area contributed by atoms with Gasteiger partial charge in [-0.25, -0.2) is 9.18 Å². The summed E-state index contributed by atoms with van der Waals surface area (Å²) in [5.74, 6) is -3.06. The van der Waals surface area contributed by atoms with E-state index in [4.69, 9.17) is 23.8 Å². The Morgan fingerprint density at radius 2 is 1.85 bits per heavy atom. The van der Waals surface area contributed by atoms with Crippen molar-refractivity contribution in [1.82, 2.24) is 9.88 Å². The van der Waals surface area contributed by atoms with Crippen LogP contribution in [0.4, 0.5) is 10.1 Å². The molecule has 7 nitrogen and oxygen atoms in total. The van der Waals surface area contributed by atoms with Crippen molar-refractivity contribution in [3.05, 3.63) is 87.5 Å². The van der Waals surface area contributed by atoms with Gasteiger partial charge in [0.25, 0.3) is 11.8 Å². The molecule has 1 aliphatic rings. The van der Waals surface area contributed by atoms with E-state index in [1.54, 1.807) is 19.1 Å². The van der Waals surface area contributed by atoms with Crippen molar-refractivity contribution in [2.75, 3.05) is 4.90 Å². The van der Waals surface area contributed by atoms with E-state index in [-0.39, 0.29) is 27.0 Å². The second kappa shape index (κ2) is 8.85. The number of hydrogen-bond acceptors (Lipinski definition) is 4. The molecule has 0 unspecified atom stereocenters. The molecule has 1 aromatic heterocycles. The Morgan fingerprint density at radius 1 is 1.12 bits per heavy atom. The predicted octanol–water partition coefficient (Wildman–Crippen LogP) is 4.42. The Hall–Kier alpha value is -3.82. The van der Waals surface area contributed by atoms with Crippen molar-refractivity contribution < 1.29 is 23.9 Å². The molecule has 2 aromatic carbocycles. The first-order valence-corrected chi connectivity index (χ1v) is 10.8. The fourth-order valence-corrected chi connectivity index (χ4v) is 4.24. The number of carboxylic acid groups (broad SMARTS) is 1. The number of aromatic carboxylic acids is 1. The van der Waals surface area contributed by atoms with Crippen molar-refractivity contribution in [2.24, 2.45) is 0 Å². The molecule has 0 radical (unpaired) electrons. The Labute approximate surface area is 204 Å². The predicted molar refractivity (Wildman–Crippen MR) is 130 cm³/mol. The van der Waals surface area contributed by atoms with E-state index in [0.717, 1.165) is 10.6 Å². The minimum atomic E-state index is -1.16. The fraction of sp³-hybridized carbons (Fsp3) is 0.0833. The number of amides is 2. The van der Waals surface area contributed by atoms with Gasteiger partial charge >= 0.3 is 5.97 Å². The Bertz CT molecular complexity index is 1430. The first kappa shape index (κ1) is 23.3. The molecule has 1 aliphatic heterocycles. The Kier molecular flexibility index (Phi) is 6.07. The molecule has 0 atom stereocenters. The molecule has 2 N–H and O–H groups in total. The van der Waals surface area contributed by atoms with Crippen LogP contribution < -0.4 is 10.2 Å². The number of halogens is 2. The molecule has 34 heavy (non-hydrogen) atoms. The maximum Gasteiger partial charge on any atom is 0.335 e. The largest absolute Gasteiger partial charge is 0.478 e. The summed E-state index contributed by atoms with van der Waals surface area (Å²) >= 11 is 11.1. The number of carbonyl (C=O) groups is 3. The highest BCUT2D eigenvalue weighted by atomic mass is 35.5. The number of anilines is 1. The van der Waals surface area contributed by atoms with Crippen molar-refractivity contribution in [3.63, 3.8) is 0 Å².